The van der Waals surface area contributed by atoms with Crippen LogP contribution in [0.5, 0.6) is 0 Å². The fourth-order valence-electron chi connectivity index (χ4n) is 2.06. The first-order valence-corrected chi connectivity index (χ1v) is 11.5. The summed E-state index contributed by atoms with van der Waals surface area (Å²) in [6, 6.07) is 0.959. The Kier molecular flexibility index (Phi) is 6.95. The van der Waals surface area contributed by atoms with Crippen molar-refractivity contribution < 1.29 is 24.5 Å². The van der Waals surface area contributed by atoms with E-state index in [1.807, 2.05) is 6.92 Å². The highest BCUT2D eigenvalue weighted by atomic mass is 28.3. The number of hydrogen-bond acceptors (Lipinski definition) is 4. The van der Waals surface area contributed by atoms with E-state index in [4.69, 9.17) is 4.74 Å². The summed E-state index contributed by atoms with van der Waals surface area (Å²) in [7, 11) is -1.24. The van der Waals surface area contributed by atoms with Gasteiger partial charge in [0.25, 0.3) is 0 Å². The highest BCUT2D eigenvalue weighted by Gasteiger charge is 2.26. The first kappa shape index (κ1) is 19.4. The van der Waals surface area contributed by atoms with E-state index in [0.717, 1.165) is 18.9 Å². The first-order valence-electron chi connectivity index (χ1n) is 7.81. The standard InChI is InChI=1S/C15H26N2O5Si/c1-5-6-7-11-16-12(14(18)19)13(15(20)21)17(11)10-22-8-9-23(2,3)4/h5-10H2,1-4H3,(H,18,19)(H,20,21). The van der Waals surface area contributed by atoms with Gasteiger partial charge in [-0.3, -0.25) is 4.57 Å². The fourth-order valence-corrected chi connectivity index (χ4v) is 2.82. The number of rotatable bonds is 10. The minimum Gasteiger partial charge on any atom is -0.476 e. The molecule has 130 valence electrons. The number of nitrogens with zero attached hydrogens (tertiary/aromatic N) is 2. The maximum Gasteiger partial charge on any atom is 0.357 e. The number of aromatic carboxylic acids is 2. The van der Waals surface area contributed by atoms with Gasteiger partial charge < -0.3 is 14.9 Å². The van der Waals surface area contributed by atoms with E-state index < -0.39 is 25.7 Å². The van der Waals surface area contributed by atoms with Gasteiger partial charge >= 0.3 is 11.9 Å². The number of aryl methyl sites for hydroxylation is 1. The van der Waals surface area contributed by atoms with E-state index in [0.29, 0.717) is 18.9 Å². The van der Waals surface area contributed by atoms with Crippen LogP contribution in [-0.4, -0.2) is 46.4 Å². The molecule has 0 aromatic carbocycles. The van der Waals surface area contributed by atoms with Crippen LogP contribution in [0.1, 0.15) is 46.6 Å². The van der Waals surface area contributed by atoms with E-state index in [1.165, 1.54) is 4.57 Å². The Morgan fingerprint density at radius 2 is 1.87 bits per heavy atom. The number of carboxylic acid groups (broad SMARTS) is 2. The van der Waals surface area contributed by atoms with E-state index >= 15 is 0 Å². The molecule has 7 nitrogen and oxygen atoms in total. The van der Waals surface area contributed by atoms with Gasteiger partial charge in [-0.25, -0.2) is 14.6 Å². The van der Waals surface area contributed by atoms with Gasteiger partial charge in [-0.05, 0) is 12.5 Å². The molecule has 0 bridgehead atoms. The summed E-state index contributed by atoms with van der Waals surface area (Å²) >= 11 is 0. The number of carbonyl (C=O) groups is 2. The van der Waals surface area contributed by atoms with E-state index in [1.54, 1.807) is 0 Å². The molecule has 0 aliphatic carbocycles. The van der Waals surface area contributed by atoms with Crippen LogP contribution < -0.4 is 0 Å². The molecule has 23 heavy (non-hydrogen) atoms. The molecule has 0 spiro atoms. The maximum atomic E-state index is 11.5. The van der Waals surface area contributed by atoms with Gasteiger partial charge in [-0.15, -0.1) is 0 Å². The molecular formula is C15H26N2O5Si. The van der Waals surface area contributed by atoms with Gasteiger partial charge in [0, 0.05) is 21.1 Å². The lowest BCUT2D eigenvalue weighted by Crippen LogP contribution is -2.23. The molecule has 0 saturated heterocycles. The maximum absolute atomic E-state index is 11.5. The van der Waals surface area contributed by atoms with Gasteiger partial charge in [-0.1, -0.05) is 33.0 Å². The number of hydrogen-bond donors (Lipinski definition) is 2. The van der Waals surface area contributed by atoms with Crippen molar-refractivity contribution in [2.75, 3.05) is 6.61 Å². The SMILES string of the molecule is CCCCc1nc(C(=O)O)c(C(=O)O)n1COCC[Si](C)(C)C. The molecule has 0 saturated carbocycles. The van der Waals surface area contributed by atoms with Crippen LogP contribution in [0.3, 0.4) is 0 Å². The second-order valence-corrected chi connectivity index (χ2v) is 12.3. The Labute approximate surface area is 137 Å². The Morgan fingerprint density at radius 3 is 2.35 bits per heavy atom. The lowest BCUT2D eigenvalue weighted by molar-refractivity contribution is 0.0592. The van der Waals surface area contributed by atoms with Crippen molar-refractivity contribution in [2.24, 2.45) is 0 Å². The van der Waals surface area contributed by atoms with Crippen LogP contribution in [0.15, 0.2) is 0 Å². The molecule has 0 amide bonds. The van der Waals surface area contributed by atoms with Crippen molar-refractivity contribution in [1.29, 1.82) is 0 Å². The highest BCUT2D eigenvalue weighted by Crippen LogP contribution is 2.16. The predicted octanol–water partition coefficient (Wildman–Crippen LogP) is 2.93. The smallest absolute Gasteiger partial charge is 0.357 e. The number of ether oxygens (including phenoxy) is 1. The molecule has 0 atom stereocenters. The molecule has 1 heterocycles. The molecule has 0 fully saturated rings. The molecule has 1 rings (SSSR count). The summed E-state index contributed by atoms with van der Waals surface area (Å²) in [5.41, 5.74) is -0.728. The van der Waals surface area contributed by atoms with Crippen LogP contribution in [0.2, 0.25) is 25.7 Å². The average molecular weight is 342 g/mol. The average Bonchev–Trinajstić information content (AvgIpc) is 2.79. The molecule has 0 aliphatic rings. The molecule has 1 aromatic rings. The van der Waals surface area contributed by atoms with Crippen molar-refractivity contribution in [3.8, 4) is 0 Å². The Balaban J connectivity index is 3.00. The monoisotopic (exact) mass is 342 g/mol. The highest BCUT2D eigenvalue weighted by molar-refractivity contribution is 6.76. The van der Waals surface area contributed by atoms with Gasteiger partial charge in [-0.2, -0.15) is 0 Å². The molecular weight excluding hydrogens is 316 g/mol. The third kappa shape index (κ3) is 5.79. The zero-order valence-electron chi connectivity index (χ0n) is 14.3. The second-order valence-electron chi connectivity index (χ2n) is 6.72. The number of aromatic nitrogens is 2. The molecule has 0 radical (unpaired) electrons. The zero-order chi connectivity index (χ0) is 17.6. The largest absolute Gasteiger partial charge is 0.476 e. The van der Waals surface area contributed by atoms with Crippen LogP contribution in [0.25, 0.3) is 0 Å². The first-order chi connectivity index (χ1) is 10.7. The van der Waals surface area contributed by atoms with Crippen molar-refractivity contribution in [1.82, 2.24) is 9.55 Å². The van der Waals surface area contributed by atoms with Gasteiger partial charge in [0.2, 0.25) is 0 Å². The van der Waals surface area contributed by atoms with Crippen LogP contribution in [-0.2, 0) is 17.9 Å². The van der Waals surface area contributed by atoms with Crippen LogP contribution >= 0.6 is 0 Å². The Bertz CT molecular complexity index is 563. The van der Waals surface area contributed by atoms with Crippen molar-refractivity contribution in [3.05, 3.63) is 17.2 Å². The third-order valence-corrected chi connectivity index (χ3v) is 5.13. The Morgan fingerprint density at radius 1 is 1.22 bits per heavy atom. The van der Waals surface area contributed by atoms with Gasteiger partial charge in [0.1, 0.15) is 12.6 Å². The second kappa shape index (κ2) is 8.26. The van der Waals surface area contributed by atoms with E-state index in [9.17, 15) is 19.8 Å². The summed E-state index contributed by atoms with van der Waals surface area (Å²) in [6.07, 6.45) is 2.25. The zero-order valence-corrected chi connectivity index (χ0v) is 15.3. The summed E-state index contributed by atoms with van der Waals surface area (Å²) in [4.78, 5) is 26.7. The quantitative estimate of drug-likeness (QED) is 0.501. The van der Waals surface area contributed by atoms with Crippen molar-refractivity contribution in [2.45, 2.75) is 58.6 Å². The molecule has 0 unspecified atom stereocenters. The number of carboxylic acids is 2. The summed E-state index contributed by atoms with van der Waals surface area (Å²) in [6.45, 7) is 9.24. The van der Waals surface area contributed by atoms with E-state index in [-0.39, 0.29) is 12.4 Å². The normalized spacial score (nSPS) is 11.7. The predicted molar refractivity (Wildman–Crippen MR) is 88.9 cm³/mol. The van der Waals surface area contributed by atoms with Gasteiger partial charge in [0.05, 0.1) is 0 Å². The third-order valence-electron chi connectivity index (χ3n) is 3.42. The summed E-state index contributed by atoms with van der Waals surface area (Å²) < 4.78 is 6.98. The van der Waals surface area contributed by atoms with Crippen molar-refractivity contribution >= 4 is 20.0 Å². The van der Waals surface area contributed by atoms with Crippen molar-refractivity contribution in [3.63, 3.8) is 0 Å². The number of unbranched alkanes of at least 4 members (excludes halogenated alkanes) is 1. The topological polar surface area (TPSA) is 102 Å². The van der Waals surface area contributed by atoms with E-state index in [2.05, 4.69) is 24.6 Å². The van der Waals surface area contributed by atoms with Gasteiger partial charge in [0.15, 0.2) is 11.4 Å². The molecule has 8 heteroatoms. The molecule has 1 aromatic heterocycles. The fraction of sp³-hybridized carbons (Fsp3) is 0.667. The molecule has 0 aliphatic heterocycles. The van der Waals surface area contributed by atoms with Crippen LogP contribution in [0.4, 0.5) is 0 Å². The number of imidazole rings is 1. The lowest BCUT2D eigenvalue weighted by atomic mass is 10.2. The minimum absolute atomic E-state index is 0.0193. The molecule has 2 N–H and O–H groups in total. The minimum atomic E-state index is -1.33. The Hall–Kier alpha value is -1.67. The summed E-state index contributed by atoms with van der Waals surface area (Å²) in [5, 5.41) is 18.5. The lowest BCUT2D eigenvalue weighted by Gasteiger charge is -2.16. The summed E-state index contributed by atoms with van der Waals surface area (Å²) in [5.74, 6) is -2.18. The van der Waals surface area contributed by atoms with Crippen LogP contribution in [0, 0.1) is 0 Å².